The third kappa shape index (κ3) is 5.95. The third-order valence-electron chi connectivity index (χ3n) is 4.60. The van der Waals surface area contributed by atoms with Crippen LogP contribution in [-0.2, 0) is 19.6 Å². The first-order valence-electron chi connectivity index (χ1n) is 9.50. The van der Waals surface area contributed by atoms with Gasteiger partial charge >= 0.3 is 5.97 Å². The predicted molar refractivity (Wildman–Crippen MR) is 115 cm³/mol. The van der Waals surface area contributed by atoms with Crippen molar-refractivity contribution in [3.63, 3.8) is 0 Å². The molecule has 2 aromatic rings. The smallest absolute Gasteiger partial charge is 0.340 e. The van der Waals surface area contributed by atoms with Gasteiger partial charge in [0.15, 0.2) is 11.5 Å². The highest BCUT2D eigenvalue weighted by atomic mass is 32.2. The second kappa shape index (κ2) is 10.9. The molecule has 0 bridgehead atoms. The Morgan fingerprint density at radius 3 is 2.19 bits per heavy atom. The van der Waals surface area contributed by atoms with Crippen LogP contribution in [0.4, 0.5) is 10.1 Å². The minimum absolute atomic E-state index is 0.0156. The van der Waals surface area contributed by atoms with Crippen LogP contribution in [0.2, 0.25) is 0 Å². The van der Waals surface area contributed by atoms with Gasteiger partial charge in [0.2, 0.25) is 15.9 Å². The van der Waals surface area contributed by atoms with Crippen LogP contribution in [0.25, 0.3) is 0 Å². The molecule has 0 unspecified atom stereocenters. The molecular formula is C21H25FN2O7S. The molecule has 0 aliphatic carbocycles. The fraction of sp³-hybridized carbons (Fsp3) is 0.333. The number of esters is 1. The van der Waals surface area contributed by atoms with E-state index in [1.54, 1.807) is 0 Å². The maximum atomic E-state index is 13.0. The molecule has 0 aliphatic heterocycles. The molecule has 32 heavy (non-hydrogen) atoms. The molecule has 174 valence electrons. The van der Waals surface area contributed by atoms with Crippen molar-refractivity contribution < 1.29 is 36.6 Å². The first-order chi connectivity index (χ1) is 15.1. The van der Waals surface area contributed by atoms with Gasteiger partial charge < -0.3 is 19.5 Å². The van der Waals surface area contributed by atoms with Crippen LogP contribution in [0.5, 0.6) is 11.5 Å². The monoisotopic (exact) mass is 468 g/mol. The zero-order valence-corrected chi connectivity index (χ0v) is 19.0. The third-order valence-corrected chi connectivity index (χ3v) is 6.47. The highest BCUT2D eigenvalue weighted by Gasteiger charge is 2.22. The number of halogens is 1. The fourth-order valence-corrected chi connectivity index (χ4v) is 4.05. The fourth-order valence-electron chi connectivity index (χ4n) is 2.84. The number of hydrogen-bond donors (Lipinski definition) is 1. The highest BCUT2D eigenvalue weighted by Crippen LogP contribution is 2.33. The molecule has 2 rings (SSSR count). The minimum Gasteiger partial charge on any atom is -0.493 e. The maximum Gasteiger partial charge on any atom is 0.340 e. The molecular weight excluding hydrogens is 443 g/mol. The SMILES string of the molecule is COC(=O)c1cc(OC)c(OC)cc1NC(=O)CCCN(C)S(=O)(=O)c1ccc(F)cc1. The van der Waals surface area contributed by atoms with Crippen molar-refractivity contribution in [2.75, 3.05) is 40.2 Å². The summed E-state index contributed by atoms with van der Waals surface area (Å²) in [6, 6.07) is 7.32. The van der Waals surface area contributed by atoms with Crippen LogP contribution in [-0.4, -0.2) is 59.5 Å². The lowest BCUT2D eigenvalue weighted by atomic mass is 10.1. The van der Waals surface area contributed by atoms with Gasteiger partial charge in [0, 0.05) is 32.1 Å². The normalized spacial score (nSPS) is 11.2. The molecule has 0 spiro atoms. The van der Waals surface area contributed by atoms with Gasteiger partial charge in [0.25, 0.3) is 0 Å². The van der Waals surface area contributed by atoms with Gasteiger partial charge in [-0.1, -0.05) is 0 Å². The molecule has 0 fully saturated rings. The number of hydrogen-bond acceptors (Lipinski definition) is 7. The zero-order valence-electron chi connectivity index (χ0n) is 18.2. The van der Waals surface area contributed by atoms with Crippen molar-refractivity contribution in [2.24, 2.45) is 0 Å². The zero-order chi connectivity index (χ0) is 23.9. The second-order valence-electron chi connectivity index (χ2n) is 6.68. The summed E-state index contributed by atoms with van der Waals surface area (Å²) in [5, 5.41) is 2.62. The summed E-state index contributed by atoms with van der Waals surface area (Å²) in [7, 11) is 1.60. The number of amides is 1. The maximum absolute atomic E-state index is 13.0. The molecule has 0 atom stereocenters. The number of carbonyl (C=O) groups excluding carboxylic acids is 2. The number of nitrogens with one attached hydrogen (secondary N) is 1. The van der Waals surface area contributed by atoms with E-state index in [0.717, 1.165) is 16.4 Å². The molecule has 0 saturated carbocycles. The largest absolute Gasteiger partial charge is 0.493 e. The summed E-state index contributed by atoms with van der Waals surface area (Å²) < 4.78 is 54.3. The molecule has 1 N–H and O–H groups in total. The molecule has 0 aromatic heterocycles. The van der Waals surface area contributed by atoms with Gasteiger partial charge in [-0.2, -0.15) is 0 Å². The van der Waals surface area contributed by atoms with Crippen molar-refractivity contribution in [3.8, 4) is 11.5 Å². The van der Waals surface area contributed by atoms with E-state index in [2.05, 4.69) is 5.32 Å². The predicted octanol–water partition coefficient (Wildman–Crippen LogP) is 2.67. The van der Waals surface area contributed by atoms with E-state index in [9.17, 15) is 22.4 Å². The van der Waals surface area contributed by atoms with Gasteiger partial charge in [0.1, 0.15) is 5.82 Å². The Labute approximate surface area is 186 Å². The summed E-state index contributed by atoms with van der Waals surface area (Å²) in [5.41, 5.74) is 0.251. The van der Waals surface area contributed by atoms with Crippen LogP contribution in [0.3, 0.4) is 0 Å². The van der Waals surface area contributed by atoms with Crippen molar-refractivity contribution in [1.29, 1.82) is 0 Å². The van der Waals surface area contributed by atoms with Gasteiger partial charge in [0.05, 0.1) is 37.5 Å². The Balaban J connectivity index is 2.05. The average molecular weight is 469 g/mol. The van der Waals surface area contributed by atoms with E-state index >= 15 is 0 Å². The summed E-state index contributed by atoms with van der Waals surface area (Å²) in [5.74, 6) is -1.05. The lowest BCUT2D eigenvalue weighted by Gasteiger charge is -2.17. The van der Waals surface area contributed by atoms with Crippen LogP contribution >= 0.6 is 0 Å². The summed E-state index contributed by atoms with van der Waals surface area (Å²) in [4.78, 5) is 24.5. The van der Waals surface area contributed by atoms with E-state index in [1.807, 2.05) is 0 Å². The quantitative estimate of drug-likeness (QED) is 0.534. The number of methoxy groups -OCH3 is 3. The van der Waals surface area contributed by atoms with Crippen LogP contribution in [0, 0.1) is 5.82 Å². The molecule has 0 aliphatic rings. The number of rotatable bonds is 10. The van der Waals surface area contributed by atoms with Crippen molar-refractivity contribution in [3.05, 3.63) is 47.8 Å². The Morgan fingerprint density at radius 2 is 1.62 bits per heavy atom. The number of benzene rings is 2. The standard InChI is InChI=1S/C21H25FN2O7S/c1-24(32(27,28)15-9-7-14(22)8-10-15)11-5-6-20(25)23-17-13-19(30-3)18(29-2)12-16(17)21(26)31-4/h7-10,12-13H,5-6,11H2,1-4H3,(H,23,25). The van der Waals surface area contributed by atoms with Gasteiger partial charge in [-0.3, -0.25) is 4.79 Å². The number of carbonyl (C=O) groups is 2. The first kappa shape index (κ1) is 25.1. The summed E-state index contributed by atoms with van der Waals surface area (Å²) in [6.45, 7) is 0.0585. The Morgan fingerprint density at radius 1 is 1.03 bits per heavy atom. The number of nitrogens with zero attached hydrogens (tertiary/aromatic N) is 1. The molecule has 2 aromatic carbocycles. The van der Waals surface area contributed by atoms with Gasteiger partial charge in [-0.15, -0.1) is 0 Å². The van der Waals surface area contributed by atoms with Crippen LogP contribution in [0.15, 0.2) is 41.3 Å². The summed E-state index contributed by atoms with van der Waals surface area (Å²) in [6.07, 6.45) is 0.196. The van der Waals surface area contributed by atoms with Crippen molar-refractivity contribution in [1.82, 2.24) is 4.31 Å². The second-order valence-corrected chi connectivity index (χ2v) is 8.72. The first-order valence-corrected chi connectivity index (χ1v) is 10.9. The lowest BCUT2D eigenvalue weighted by Crippen LogP contribution is -2.28. The van der Waals surface area contributed by atoms with E-state index < -0.39 is 27.7 Å². The number of sulfonamides is 1. The molecule has 0 saturated heterocycles. The summed E-state index contributed by atoms with van der Waals surface area (Å²) >= 11 is 0. The molecule has 0 heterocycles. The Kier molecular flexibility index (Phi) is 8.56. The van der Waals surface area contributed by atoms with E-state index in [1.165, 1.54) is 52.6 Å². The topological polar surface area (TPSA) is 111 Å². The van der Waals surface area contributed by atoms with Crippen molar-refractivity contribution in [2.45, 2.75) is 17.7 Å². The molecule has 11 heteroatoms. The average Bonchev–Trinajstić information content (AvgIpc) is 2.78. The Hall–Kier alpha value is -3.18. The van der Waals surface area contributed by atoms with Gasteiger partial charge in [-0.25, -0.2) is 21.9 Å². The lowest BCUT2D eigenvalue weighted by molar-refractivity contribution is -0.116. The van der Waals surface area contributed by atoms with Crippen LogP contribution in [0.1, 0.15) is 23.2 Å². The number of anilines is 1. The molecule has 9 nitrogen and oxygen atoms in total. The molecule has 1 amide bonds. The minimum atomic E-state index is -3.81. The van der Waals surface area contributed by atoms with Crippen LogP contribution < -0.4 is 14.8 Å². The van der Waals surface area contributed by atoms with E-state index in [4.69, 9.17) is 14.2 Å². The highest BCUT2D eigenvalue weighted by molar-refractivity contribution is 7.89. The number of ether oxygens (including phenoxy) is 3. The Bertz CT molecular complexity index is 1070. The molecule has 0 radical (unpaired) electrons. The van der Waals surface area contributed by atoms with Gasteiger partial charge in [-0.05, 0) is 30.7 Å². The van der Waals surface area contributed by atoms with E-state index in [-0.39, 0.29) is 35.5 Å². The van der Waals surface area contributed by atoms with E-state index in [0.29, 0.717) is 11.5 Å². The van der Waals surface area contributed by atoms with Crippen molar-refractivity contribution >= 4 is 27.6 Å².